The van der Waals surface area contributed by atoms with Crippen LogP contribution in [-0.4, -0.2) is 77.6 Å². The van der Waals surface area contributed by atoms with Crippen molar-refractivity contribution in [1.82, 2.24) is 20.3 Å². The van der Waals surface area contributed by atoms with E-state index in [0.717, 1.165) is 58.7 Å². The Labute approximate surface area is 772 Å². The molecule has 12 rings (SSSR count). The molecular weight excluding hydrogens is 1870 g/mol. The molecule has 0 spiro atoms. The van der Waals surface area contributed by atoms with Gasteiger partial charge in [0.2, 0.25) is 17.2 Å². The number of carbonyl (C=O) groups excluding carboxylic acids is 4. The fourth-order valence-electron chi connectivity index (χ4n) is 10.9. The highest BCUT2D eigenvalue weighted by Gasteiger charge is 2.41. The number of non-ortho nitro benzene ring substituents is 3. The van der Waals surface area contributed by atoms with Crippen LogP contribution in [0.4, 0.5) is 34.1 Å². The van der Waals surface area contributed by atoms with Crippen molar-refractivity contribution < 1.29 is 122 Å². The van der Waals surface area contributed by atoms with Crippen molar-refractivity contribution in [3.63, 3.8) is 0 Å². The van der Waals surface area contributed by atoms with Crippen LogP contribution in [0, 0.1) is 60.7 Å². The quantitative estimate of drug-likeness (QED) is 0.00907. The van der Waals surface area contributed by atoms with Crippen LogP contribution < -0.4 is 56.5 Å². The molecule has 0 bridgehead atoms. The monoisotopic (exact) mass is 1950 g/mol. The van der Waals surface area contributed by atoms with Gasteiger partial charge in [0.05, 0.1) is 52.8 Å². The average molecular weight is 1950 g/mol. The fourth-order valence-corrected chi connectivity index (χ4v) is 17.3. The van der Waals surface area contributed by atoms with Crippen LogP contribution in [0.3, 0.4) is 0 Å². The van der Waals surface area contributed by atoms with Crippen LogP contribution in [0.15, 0.2) is 322 Å². The van der Waals surface area contributed by atoms with Gasteiger partial charge in [0.25, 0.3) is 17.1 Å². The van der Waals surface area contributed by atoms with Gasteiger partial charge in [-0.1, -0.05) is 218 Å². The van der Waals surface area contributed by atoms with Gasteiger partial charge in [-0.3, -0.25) is 79.9 Å². The molecule has 47 heteroatoms. The first-order valence-electron chi connectivity index (χ1n) is 39.6. The number of nitro groups is 6. The summed E-state index contributed by atoms with van der Waals surface area (Å²) in [5.41, 5.74) is -1.07. The van der Waals surface area contributed by atoms with Crippen LogP contribution in [-0.2, 0) is 82.8 Å². The van der Waals surface area contributed by atoms with E-state index in [1.54, 1.807) is 200 Å². The Morgan fingerprint density at radius 1 is 0.267 bits per heavy atom. The van der Waals surface area contributed by atoms with E-state index in [0.29, 0.717) is 23.9 Å². The van der Waals surface area contributed by atoms with Crippen LogP contribution in [0.2, 0.25) is 5.02 Å². The number of carbonyl (C=O) groups is 4. The second-order valence-electron chi connectivity index (χ2n) is 27.7. The van der Waals surface area contributed by atoms with E-state index in [2.05, 4.69) is 20.3 Å². The Balaban J connectivity index is 0.000000202. The highest BCUT2D eigenvalue weighted by Crippen LogP contribution is 2.53. The third-order valence-corrected chi connectivity index (χ3v) is 24.0. The van der Waals surface area contributed by atoms with E-state index >= 15 is 0 Å². The topological polar surface area (TPSA) is 554 Å². The lowest BCUT2D eigenvalue weighted by Gasteiger charge is -2.23. The Kier molecular flexibility index (Phi) is 38.3. The first-order chi connectivity index (χ1) is 64.4. The summed E-state index contributed by atoms with van der Waals surface area (Å²) in [7, 11) is -17.5. The lowest BCUT2D eigenvalue weighted by molar-refractivity contribution is -0.394. The van der Waals surface area contributed by atoms with E-state index in [4.69, 9.17) is 66.7 Å². The zero-order valence-corrected chi connectivity index (χ0v) is 75.5. The molecule has 0 fully saturated rings. The molecule has 0 heterocycles. The maximum atomic E-state index is 13.6. The van der Waals surface area contributed by atoms with Gasteiger partial charge in [-0.05, 0) is 129 Å². The molecule has 0 saturated heterocycles. The number of hydrogen-bond donors (Lipinski definition) is 4. The van der Waals surface area contributed by atoms with Crippen molar-refractivity contribution in [2.75, 3.05) is 0 Å². The Morgan fingerprint density at radius 2 is 0.459 bits per heavy atom. The molecule has 42 nitrogen and oxygen atoms in total. The summed E-state index contributed by atoms with van der Waals surface area (Å²) >= 11 is 6.13. The smallest absolute Gasteiger partial charge is 0.460 e. The zero-order valence-electron chi connectivity index (χ0n) is 71.2. The second-order valence-corrected chi connectivity index (χ2v) is 34.6. The van der Waals surface area contributed by atoms with Gasteiger partial charge < -0.3 is 55.1 Å². The molecule has 4 N–H and O–H groups in total. The molecule has 0 saturated carbocycles. The van der Waals surface area contributed by atoms with E-state index in [9.17, 15) is 98.1 Å². The first-order valence-corrected chi connectivity index (χ1v) is 46.1. The maximum absolute atomic E-state index is 13.6. The molecule has 0 aliphatic carbocycles. The number of benzene rings is 12. The van der Waals surface area contributed by atoms with Gasteiger partial charge in [0, 0.05) is 18.2 Å². The highest BCUT2D eigenvalue weighted by atomic mass is 35.5. The van der Waals surface area contributed by atoms with Gasteiger partial charge in [0.1, 0.15) is 79.3 Å². The largest absolute Gasteiger partial charge is 0.513 e. The summed E-state index contributed by atoms with van der Waals surface area (Å²) in [6.07, 6.45) is 0. The predicted molar refractivity (Wildman–Crippen MR) is 487 cm³/mol. The average Bonchev–Trinajstić information content (AvgIpc) is 0.813. The Morgan fingerprint density at radius 3 is 0.659 bits per heavy atom. The number of hydrogen-bond acceptors (Lipinski definition) is 32. The van der Waals surface area contributed by atoms with Crippen molar-refractivity contribution in [1.29, 1.82) is 0 Å². The summed E-state index contributed by atoms with van der Waals surface area (Å²) < 4.78 is 119. The summed E-state index contributed by atoms with van der Waals surface area (Å²) in [5.74, 6) is -3.91. The van der Waals surface area contributed by atoms with Crippen LogP contribution in [0.1, 0.15) is 49.9 Å². The zero-order chi connectivity index (χ0) is 97.7. The van der Waals surface area contributed by atoms with Crippen molar-refractivity contribution in [2.24, 2.45) is 0 Å². The minimum atomic E-state index is -4.50. The van der Waals surface area contributed by atoms with Gasteiger partial charge in [-0.25, -0.2) is 18.3 Å². The minimum absolute atomic E-state index is 0.0375. The number of esters is 4. The molecule has 135 heavy (non-hydrogen) atoms. The van der Waals surface area contributed by atoms with Crippen LogP contribution in [0.5, 0.6) is 46.0 Å². The first kappa shape index (κ1) is 103. The van der Waals surface area contributed by atoms with E-state index in [1.807, 2.05) is 30.3 Å². The number of nitrogens with one attached hydrogen (secondary N) is 4. The molecule has 12 aromatic rings. The molecule has 8 atom stereocenters. The minimum Gasteiger partial charge on any atom is -0.460 e. The summed E-state index contributed by atoms with van der Waals surface area (Å²) in [4.78, 5) is 112. The number of ether oxygens (including phenoxy) is 4. The molecule has 702 valence electrons. The number of rotatable bonds is 42. The summed E-state index contributed by atoms with van der Waals surface area (Å²) in [6.45, 7) is 5.55. The molecule has 1 unspecified atom stereocenters. The molecule has 12 aromatic carbocycles. The molecule has 0 aliphatic rings. The SMILES string of the molecule is C[C@H](NP(=O)(Oc1ccccc1)Oc1ccc([N+](=O)[O-])cc1[N+](=O)[O-])C(=O)OCc1ccccc1.C[C@H](N[P@@](=O)(Oc1ccccc1)Oc1ccc([N+](=O)[O-])cc1[N+](=O)[O-])C(=O)OCc1ccccc1.C[C@H](N[P@@](=O)(Oc1ccccc1)Oc1ccccc1Cl)C(=O)OCc1ccccc1.C[C@H](N[P@](=O)(Oc1ccccc1)Oc1ccc([N+](=O)[O-])cc1[N+](=O)[O-])C(=O)OCc1ccccc1. The van der Waals surface area contributed by atoms with Crippen LogP contribution >= 0.6 is 42.6 Å². The molecular formula is C88H81ClN10O32P4. The normalized spacial score (nSPS) is 13.3. The van der Waals surface area contributed by atoms with Gasteiger partial charge in [-0.15, -0.1) is 0 Å². The lowest BCUT2D eigenvalue weighted by Crippen LogP contribution is -2.35. The Bertz CT molecular complexity index is 5830. The number of nitrogens with zero attached hydrogens (tertiary/aromatic N) is 6. The maximum Gasteiger partial charge on any atom is 0.513 e. The van der Waals surface area contributed by atoms with Crippen molar-refractivity contribution >= 4 is 101 Å². The summed E-state index contributed by atoms with van der Waals surface area (Å²) in [5, 5.41) is 77.5. The lowest BCUT2D eigenvalue weighted by atomic mass is 10.2. The van der Waals surface area contributed by atoms with Crippen LogP contribution in [0.25, 0.3) is 0 Å². The number of halogens is 1. The molecule has 0 radical (unpaired) electrons. The number of nitro benzene ring substituents is 6. The fraction of sp³-hybridized carbons (Fsp3) is 0.136. The van der Waals surface area contributed by atoms with Gasteiger partial charge in [0.15, 0.2) is 0 Å². The van der Waals surface area contributed by atoms with Gasteiger partial charge >= 0.3 is 71.9 Å². The second kappa shape index (κ2) is 50.1. The van der Waals surface area contributed by atoms with E-state index < -0.39 is 160 Å². The predicted octanol–water partition coefficient (Wildman–Crippen LogP) is 20.0. The van der Waals surface area contributed by atoms with Crippen molar-refractivity contribution in [2.45, 2.75) is 78.3 Å². The standard InChI is InChI=1S/C22H21ClNO5P.3C22H20N3O9P/c1-17(22(25)27-16-18-10-4-2-5-11-18)24-30(26,28-19-12-6-3-7-13-19)29-21-15-9-8-14-20(21)23;3*1-16(22(26)32-15-17-8-4-2-5-9-17)23-35(31,33-19-10-6-3-7-11-19)34-21-13-12-18(24(27)28)14-20(21)25(29)30/h2-15,17H,16H2,1H3,(H,24,26);3*2-14,16H,15H2,1H3,(H,23,31)/t17-,30+;16-,35?;16-,35+;16-,35-/m0000/s1. The summed E-state index contributed by atoms with van der Waals surface area (Å²) in [6, 6.07) is 77.3. The molecule has 0 aliphatic heterocycles. The van der Waals surface area contributed by atoms with Crippen molar-refractivity contribution in [3.8, 4) is 46.0 Å². The highest BCUT2D eigenvalue weighted by molar-refractivity contribution is 7.53. The van der Waals surface area contributed by atoms with Gasteiger partial charge in [-0.2, -0.15) is 20.3 Å². The Hall–Kier alpha value is -15.6. The molecule has 0 amide bonds. The van der Waals surface area contributed by atoms with Crippen molar-refractivity contribution in [3.05, 3.63) is 409 Å². The molecule has 0 aromatic heterocycles. The number of para-hydroxylation sites is 5. The van der Waals surface area contributed by atoms with E-state index in [-0.39, 0.29) is 54.4 Å². The third kappa shape index (κ3) is 33.6. The third-order valence-electron chi connectivity index (χ3n) is 17.4. The van der Waals surface area contributed by atoms with E-state index in [1.165, 1.54) is 64.1 Å².